The largest absolute Gasteiger partial charge is 0.469 e. The Hall–Kier alpha value is -1.84. The van der Waals surface area contributed by atoms with Crippen molar-refractivity contribution in [3.05, 3.63) is 28.8 Å². The van der Waals surface area contributed by atoms with E-state index in [9.17, 15) is 9.59 Å². The fourth-order valence-electron chi connectivity index (χ4n) is 5.75. The van der Waals surface area contributed by atoms with Gasteiger partial charge in [-0.3, -0.25) is 9.59 Å². The number of benzene rings is 1. The van der Waals surface area contributed by atoms with Gasteiger partial charge >= 0.3 is 11.9 Å². The van der Waals surface area contributed by atoms with Crippen LogP contribution < -0.4 is 4.74 Å². The van der Waals surface area contributed by atoms with Crippen LogP contribution in [0.3, 0.4) is 0 Å². The molecule has 2 aliphatic carbocycles. The summed E-state index contributed by atoms with van der Waals surface area (Å²) in [4.78, 5) is 24.4. The van der Waals surface area contributed by atoms with E-state index in [1.54, 1.807) is 0 Å². The van der Waals surface area contributed by atoms with Crippen LogP contribution in [-0.4, -0.2) is 19.0 Å². The molecule has 148 valence electrons. The molecule has 0 bridgehead atoms. The second kappa shape index (κ2) is 6.96. The number of carbonyl (C=O) groups is 2. The van der Waals surface area contributed by atoms with Gasteiger partial charge in [-0.15, -0.1) is 0 Å². The summed E-state index contributed by atoms with van der Waals surface area (Å²) in [5.41, 5.74) is 2.91. The third kappa shape index (κ3) is 3.07. The van der Waals surface area contributed by atoms with Crippen LogP contribution in [0.4, 0.5) is 0 Å². The molecule has 0 saturated heterocycles. The molecule has 0 aromatic heterocycles. The molecule has 1 aromatic rings. The molecule has 1 saturated carbocycles. The predicted molar refractivity (Wildman–Crippen MR) is 105 cm³/mol. The fourth-order valence-corrected chi connectivity index (χ4v) is 5.75. The van der Waals surface area contributed by atoms with E-state index in [1.807, 2.05) is 0 Å². The van der Waals surface area contributed by atoms with E-state index < -0.39 is 5.41 Å². The number of carbonyl (C=O) groups excluding carboxylic acids is 2. The van der Waals surface area contributed by atoms with Gasteiger partial charge in [0.15, 0.2) is 0 Å². The Labute approximate surface area is 162 Å². The molecule has 27 heavy (non-hydrogen) atoms. The molecule has 0 heterocycles. The Morgan fingerprint density at radius 2 is 1.89 bits per heavy atom. The lowest BCUT2D eigenvalue weighted by Gasteiger charge is -2.54. The molecule has 4 heteroatoms. The highest BCUT2D eigenvalue weighted by molar-refractivity contribution is 5.77. The monoisotopic (exact) mass is 372 g/mol. The SMILES string of the molecule is COC(=O)[C@]1(C)CCC[C@]2(C)c3ccc(C(C)C)c(OC(C)=O)c3CC[C@@H]12. The van der Waals surface area contributed by atoms with E-state index in [-0.39, 0.29) is 29.2 Å². The Balaban J connectivity index is 2.15. The van der Waals surface area contributed by atoms with Crippen molar-refractivity contribution in [1.29, 1.82) is 0 Å². The highest BCUT2D eigenvalue weighted by atomic mass is 16.5. The van der Waals surface area contributed by atoms with Crippen LogP contribution in [0.1, 0.15) is 82.9 Å². The molecule has 2 aliphatic rings. The van der Waals surface area contributed by atoms with Crippen molar-refractivity contribution in [2.24, 2.45) is 11.3 Å². The van der Waals surface area contributed by atoms with E-state index in [4.69, 9.17) is 9.47 Å². The first-order valence-corrected chi connectivity index (χ1v) is 10.1. The standard InChI is InChI=1S/C23H32O4/c1-14(2)16-8-10-18-17(20(16)27-15(3)24)9-11-19-22(18,4)12-7-13-23(19,5)21(25)26-6/h8,10,14,19H,7,9,11-13H2,1-6H3/t19-,22-,23-/m1/s1. The van der Waals surface area contributed by atoms with Gasteiger partial charge in [0.1, 0.15) is 5.75 Å². The van der Waals surface area contributed by atoms with Crippen molar-refractivity contribution in [1.82, 2.24) is 0 Å². The maximum Gasteiger partial charge on any atom is 0.311 e. The molecule has 0 spiro atoms. The van der Waals surface area contributed by atoms with Crippen LogP contribution in [0.25, 0.3) is 0 Å². The molecule has 3 atom stereocenters. The Bertz CT molecular complexity index is 766. The van der Waals surface area contributed by atoms with Gasteiger partial charge in [0.2, 0.25) is 0 Å². The van der Waals surface area contributed by atoms with Gasteiger partial charge in [-0.25, -0.2) is 0 Å². The lowest BCUT2D eigenvalue weighted by Crippen LogP contribution is -2.52. The van der Waals surface area contributed by atoms with Gasteiger partial charge in [-0.05, 0) is 66.5 Å². The summed E-state index contributed by atoms with van der Waals surface area (Å²) in [7, 11) is 1.49. The molecule has 0 radical (unpaired) electrons. The first-order valence-electron chi connectivity index (χ1n) is 10.1. The van der Waals surface area contributed by atoms with Crippen molar-refractivity contribution in [2.75, 3.05) is 7.11 Å². The number of hydrogen-bond donors (Lipinski definition) is 0. The number of ether oxygens (including phenoxy) is 2. The topological polar surface area (TPSA) is 52.6 Å². The number of rotatable bonds is 3. The smallest absolute Gasteiger partial charge is 0.311 e. The number of esters is 2. The summed E-state index contributed by atoms with van der Waals surface area (Å²) in [6, 6.07) is 4.33. The van der Waals surface area contributed by atoms with E-state index in [2.05, 4.69) is 39.8 Å². The van der Waals surface area contributed by atoms with Gasteiger partial charge in [-0.2, -0.15) is 0 Å². The predicted octanol–water partition coefficient (Wildman–Crippen LogP) is 4.92. The number of hydrogen-bond acceptors (Lipinski definition) is 4. The summed E-state index contributed by atoms with van der Waals surface area (Å²) in [5, 5.41) is 0. The minimum absolute atomic E-state index is 0.0964. The van der Waals surface area contributed by atoms with Crippen LogP contribution in [-0.2, 0) is 26.2 Å². The van der Waals surface area contributed by atoms with Crippen LogP contribution >= 0.6 is 0 Å². The molecule has 0 aliphatic heterocycles. The van der Waals surface area contributed by atoms with E-state index in [0.29, 0.717) is 0 Å². The Kier molecular flexibility index (Phi) is 5.13. The maximum absolute atomic E-state index is 12.7. The van der Waals surface area contributed by atoms with Crippen LogP contribution in [0, 0.1) is 11.3 Å². The zero-order valence-electron chi connectivity index (χ0n) is 17.5. The molecule has 4 nitrogen and oxygen atoms in total. The van der Waals surface area contributed by atoms with Crippen LogP contribution in [0.5, 0.6) is 5.75 Å². The van der Waals surface area contributed by atoms with Gasteiger partial charge in [0.05, 0.1) is 12.5 Å². The second-order valence-electron chi connectivity index (χ2n) is 9.03. The van der Waals surface area contributed by atoms with Crippen molar-refractivity contribution in [3.63, 3.8) is 0 Å². The second-order valence-corrected chi connectivity index (χ2v) is 9.03. The lowest BCUT2D eigenvalue weighted by atomic mass is 9.49. The molecular weight excluding hydrogens is 340 g/mol. The van der Waals surface area contributed by atoms with Gasteiger partial charge < -0.3 is 9.47 Å². The average Bonchev–Trinajstić information content (AvgIpc) is 2.60. The van der Waals surface area contributed by atoms with Crippen LogP contribution in [0.2, 0.25) is 0 Å². The normalized spacial score (nSPS) is 29.7. The quantitative estimate of drug-likeness (QED) is 0.558. The minimum Gasteiger partial charge on any atom is -0.469 e. The first kappa shape index (κ1) is 19.9. The fraction of sp³-hybridized carbons (Fsp3) is 0.652. The summed E-state index contributed by atoms with van der Waals surface area (Å²) in [6.45, 7) is 10.1. The third-order valence-electron chi connectivity index (χ3n) is 7.04. The summed E-state index contributed by atoms with van der Waals surface area (Å²) < 4.78 is 10.9. The summed E-state index contributed by atoms with van der Waals surface area (Å²) in [6.07, 6.45) is 4.64. The molecule has 1 aromatic carbocycles. The molecular formula is C23H32O4. The number of fused-ring (bicyclic) bond motifs is 3. The average molecular weight is 373 g/mol. The molecule has 0 unspecified atom stereocenters. The van der Waals surface area contributed by atoms with Crippen molar-refractivity contribution in [3.8, 4) is 5.75 Å². The van der Waals surface area contributed by atoms with Crippen molar-refractivity contribution < 1.29 is 19.1 Å². The Morgan fingerprint density at radius 1 is 1.19 bits per heavy atom. The van der Waals surface area contributed by atoms with Gasteiger partial charge in [0.25, 0.3) is 0 Å². The Morgan fingerprint density at radius 3 is 2.48 bits per heavy atom. The zero-order valence-corrected chi connectivity index (χ0v) is 17.5. The minimum atomic E-state index is -0.461. The van der Waals surface area contributed by atoms with E-state index in [0.717, 1.165) is 49.0 Å². The summed E-state index contributed by atoms with van der Waals surface area (Å²) in [5.74, 6) is 0.886. The maximum atomic E-state index is 12.7. The molecule has 3 rings (SSSR count). The van der Waals surface area contributed by atoms with E-state index >= 15 is 0 Å². The zero-order chi connectivity index (χ0) is 20.0. The van der Waals surface area contributed by atoms with Gasteiger partial charge in [-0.1, -0.05) is 39.3 Å². The van der Waals surface area contributed by atoms with E-state index in [1.165, 1.54) is 19.6 Å². The summed E-state index contributed by atoms with van der Waals surface area (Å²) >= 11 is 0. The molecule has 1 fully saturated rings. The van der Waals surface area contributed by atoms with Gasteiger partial charge in [0, 0.05) is 6.92 Å². The first-order chi connectivity index (χ1) is 12.6. The number of methoxy groups -OCH3 is 1. The highest BCUT2D eigenvalue weighted by Gasteiger charge is 2.56. The van der Waals surface area contributed by atoms with Crippen molar-refractivity contribution in [2.45, 2.75) is 78.1 Å². The van der Waals surface area contributed by atoms with Crippen molar-refractivity contribution >= 4 is 11.9 Å². The lowest BCUT2D eigenvalue weighted by molar-refractivity contribution is -0.161. The molecule has 0 amide bonds. The molecule has 0 N–H and O–H groups in total. The van der Waals surface area contributed by atoms with Crippen LogP contribution in [0.15, 0.2) is 12.1 Å². The highest BCUT2D eigenvalue weighted by Crippen LogP contribution is 2.59. The third-order valence-corrected chi connectivity index (χ3v) is 7.04.